The number of nitrogens with one attached hydrogen (secondary N) is 2. The largest absolute Gasteiger partial charge is 0.497 e. The van der Waals surface area contributed by atoms with Crippen molar-refractivity contribution in [3.05, 3.63) is 48.5 Å². The van der Waals surface area contributed by atoms with Crippen molar-refractivity contribution >= 4 is 35.0 Å². The second-order valence-corrected chi connectivity index (χ2v) is 6.73. The molecule has 0 aromatic heterocycles. The lowest BCUT2D eigenvalue weighted by Gasteiger charge is -2.31. The molecule has 1 aliphatic heterocycles. The maximum Gasteiger partial charge on any atom is 0.250 e. The number of fused-ring (bicyclic) bond motifs is 1. The first-order valence-corrected chi connectivity index (χ1v) is 7.89. The third kappa shape index (κ3) is 2.90. The van der Waals surface area contributed by atoms with Crippen molar-refractivity contribution in [1.29, 1.82) is 0 Å². The summed E-state index contributed by atoms with van der Waals surface area (Å²) in [6.07, 6.45) is 0. The summed E-state index contributed by atoms with van der Waals surface area (Å²) in [4.78, 5) is 25.9. The fourth-order valence-corrected chi connectivity index (χ4v) is 3.34. The molecule has 0 aliphatic carbocycles. The van der Waals surface area contributed by atoms with E-state index in [0.29, 0.717) is 11.4 Å². The molecule has 6 heteroatoms. The van der Waals surface area contributed by atoms with Crippen LogP contribution < -0.4 is 15.4 Å². The number of hydrogen-bond acceptors (Lipinski definition) is 4. The van der Waals surface area contributed by atoms with Gasteiger partial charge in [-0.2, -0.15) is 0 Å². The summed E-state index contributed by atoms with van der Waals surface area (Å²) in [5.74, 6) is 0.0137. The van der Waals surface area contributed by atoms with Crippen LogP contribution >= 0.6 is 11.8 Å². The van der Waals surface area contributed by atoms with Crippen molar-refractivity contribution in [2.24, 2.45) is 0 Å². The molecule has 0 saturated carbocycles. The van der Waals surface area contributed by atoms with Gasteiger partial charge in [0.25, 0.3) is 0 Å². The van der Waals surface area contributed by atoms with Crippen LogP contribution in [0.25, 0.3) is 0 Å². The van der Waals surface area contributed by atoms with Crippen molar-refractivity contribution in [3.8, 4) is 5.75 Å². The quantitative estimate of drug-likeness (QED) is 0.850. The van der Waals surface area contributed by atoms with Crippen LogP contribution in [0.5, 0.6) is 5.75 Å². The Labute approximate surface area is 138 Å². The second kappa shape index (κ2) is 5.96. The lowest BCUT2D eigenvalue weighted by atomic mass is 10.1. The summed E-state index contributed by atoms with van der Waals surface area (Å²) in [5.41, 5.74) is 1.35. The molecule has 1 heterocycles. The van der Waals surface area contributed by atoms with E-state index >= 15 is 0 Å². The smallest absolute Gasteiger partial charge is 0.250 e. The van der Waals surface area contributed by atoms with Gasteiger partial charge in [0, 0.05) is 10.6 Å². The van der Waals surface area contributed by atoms with Crippen LogP contribution in [0.15, 0.2) is 53.4 Å². The van der Waals surface area contributed by atoms with Gasteiger partial charge in [0.05, 0.1) is 12.8 Å². The van der Waals surface area contributed by atoms with Gasteiger partial charge < -0.3 is 15.4 Å². The van der Waals surface area contributed by atoms with Gasteiger partial charge in [-0.25, -0.2) is 0 Å². The first-order valence-electron chi connectivity index (χ1n) is 7.08. The van der Waals surface area contributed by atoms with E-state index in [0.717, 1.165) is 10.6 Å². The highest BCUT2D eigenvalue weighted by atomic mass is 32.2. The number of thioether (sulfide) groups is 1. The van der Waals surface area contributed by atoms with Crippen molar-refractivity contribution in [1.82, 2.24) is 0 Å². The molecule has 1 aliphatic rings. The molecule has 3 rings (SSSR count). The van der Waals surface area contributed by atoms with Gasteiger partial charge in [0.2, 0.25) is 11.8 Å². The molecule has 0 radical (unpaired) electrons. The molecule has 2 N–H and O–H groups in total. The Kier molecular flexibility index (Phi) is 4.00. The highest BCUT2D eigenvalue weighted by Gasteiger charge is 2.45. The van der Waals surface area contributed by atoms with Gasteiger partial charge in [-0.1, -0.05) is 23.9 Å². The summed E-state index contributed by atoms with van der Waals surface area (Å²) in [6, 6.07) is 14.4. The van der Waals surface area contributed by atoms with Crippen LogP contribution in [-0.4, -0.2) is 23.7 Å². The van der Waals surface area contributed by atoms with Crippen LogP contribution in [0.1, 0.15) is 6.92 Å². The predicted molar refractivity (Wildman–Crippen MR) is 91.0 cm³/mol. The fraction of sp³-hybridized carbons (Fsp3) is 0.176. The minimum atomic E-state index is -1.23. The molecular formula is C17H16N2O3S. The molecule has 0 spiro atoms. The van der Waals surface area contributed by atoms with E-state index in [9.17, 15) is 9.59 Å². The minimum absolute atomic E-state index is 0.327. The average Bonchev–Trinajstić information content (AvgIpc) is 2.56. The zero-order chi connectivity index (χ0) is 16.4. The minimum Gasteiger partial charge on any atom is -0.497 e. The molecule has 5 nitrogen and oxygen atoms in total. The SMILES string of the molecule is COc1ccc(NC(=O)C2(C)Sc3ccccc3NC2=O)cc1. The summed E-state index contributed by atoms with van der Waals surface area (Å²) in [7, 11) is 1.58. The summed E-state index contributed by atoms with van der Waals surface area (Å²) in [5, 5.41) is 5.58. The van der Waals surface area contributed by atoms with E-state index in [2.05, 4.69) is 10.6 Å². The molecule has 2 amide bonds. The summed E-state index contributed by atoms with van der Waals surface area (Å²) < 4.78 is 3.86. The third-order valence-electron chi connectivity index (χ3n) is 3.66. The van der Waals surface area contributed by atoms with Crippen molar-refractivity contribution in [2.75, 3.05) is 17.7 Å². The monoisotopic (exact) mass is 328 g/mol. The highest BCUT2D eigenvalue weighted by molar-refractivity contribution is 8.02. The zero-order valence-corrected chi connectivity index (χ0v) is 13.6. The molecule has 118 valence electrons. The first kappa shape index (κ1) is 15.4. The Morgan fingerprint density at radius 2 is 1.87 bits per heavy atom. The van der Waals surface area contributed by atoms with Gasteiger partial charge in [-0.15, -0.1) is 0 Å². The number of hydrogen-bond donors (Lipinski definition) is 2. The van der Waals surface area contributed by atoms with Crippen molar-refractivity contribution < 1.29 is 14.3 Å². The Morgan fingerprint density at radius 3 is 2.57 bits per heavy atom. The standard InChI is InChI=1S/C17H16N2O3S/c1-17(15(20)18-11-7-9-12(22-2)10-8-11)16(21)19-13-5-3-4-6-14(13)23-17/h3-10H,1-2H3,(H,18,20)(H,19,21). The molecule has 2 aromatic rings. The van der Waals surface area contributed by atoms with Crippen LogP contribution in [-0.2, 0) is 9.59 Å². The lowest BCUT2D eigenvalue weighted by Crippen LogP contribution is -2.49. The van der Waals surface area contributed by atoms with Gasteiger partial charge in [0.15, 0.2) is 4.75 Å². The molecule has 0 bridgehead atoms. The number of anilines is 2. The molecule has 23 heavy (non-hydrogen) atoms. The molecular weight excluding hydrogens is 312 g/mol. The molecule has 0 fully saturated rings. The van der Waals surface area contributed by atoms with Crippen LogP contribution in [0.3, 0.4) is 0 Å². The van der Waals surface area contributed by atoms with Crippen molar-refractivity contribution in [2.45, 2.75) is 16.6 Å². The zero-order valence-electron chi connectivity index (χ0n) is 12.8. The van der Waals surface area contributed by atoms with Gasteiger partial charge >= 0.3 is 0 Å². The van der Waals surface area contributed by atoms with E-state index in [1.165, 1.54) is 11.8 Å². The van der Waals surface area contributed by atoms with E-state index in [1.54, 1.807) is 38.3 Å². The Bertz CT molecular complexity index is 761. The van der Waals surface area contributed by atoms with E-state index in [1.807, 2.05) is 24.3 Å². The van der Waals surface area contributed by atoms with Gasteiger partial charge in [0.1, 0.15) is 5.75 Å². The number of carbonyl (C=O) groups excluding carboxylic acids is 2. The fourth-order valence-electron chi connectivity index (χ4n) is 2.24. The Hall–Kier alpha value is -2.47. The molecule has 0 saturated heterocycles. The normalized spacial score (nSPS) is 19.5. The van der Waals surface area contributed by atoms with E-state index in [-0.39, 0.29) is 11.8 Å². The Balaban J connectivity index is 1.81. The molecule has 2 aromatic carbocycles. The van der Waals surface area contributed by atoms with Crippen molar-refractivity contribution in [3.63, 3.8) is 0 Å². The number of ether oxygens (including phenoxy) is 1. The second-order valence-electron chi connectivity index (χ2n) is 5.27. The Morgan fingerprint density at radius 1 is 1.17 bits per heavy atom. The average molecular weight is 328 g/mol. The number of amides is 2. The van der Waals surface area contributed by atoms with Gasteiger partial charge in [-0.3, -0.25) is 9.59 Å². The van der Waals surface area contributed by atoms with Crippen LogP contribution in [0, 0.1) is 0 Å². The molecule has 1 unspecified atom stereocenters. The summed E-state index contributed by atoms with van der Waals surface area (Å²) in [6.45, 7) is 1.63. The van der Waals surface area contributed by atoms with E-state index in [4.69, 9.17) is 4.74 Å². The van der Waals surface area contributed by atoms with Crippen LogP contribution in [0.2, 0.25) is 0 Å². The maximum atomic E-state index is 12.6. The summed E-state index contributed by atoms with van der Waals surface area (Å²) >= 11 is 1.25. The van der Waals surface area contributed by atoms with Crippen LogP contribution in [0.4, 0.5) is 11.4 Å². The first-order chi connectivity index (χ1) is 11.0. The number of benzene rings is 2. The third-order valence-corrected chi connectivity index (χ3v) is 5.02. The van der Waals surface area contributed by atoms with Gasteiger partial charge in [-0.05, 0) is 43.3 Å². The maximum absolute atomic E-state index is 12.6. The number of para-hydroxylation sites is 1. The van der Waals surface area contributed by atoms with E-state index < -0.39 is 4.75 Å². The molecule has 1 atom stereocenters. The number of rotatable bonds is 3. The number of methoxy groups -OCH3 is 1. The predicted octanol–water partition coefficient (Wildman–Crippen LogP) is 3.14. The number of carbonyl (C=O) groups is 2. The highest BCUT2D eigenvalue weighted by Crippen LogP contribution is 2.42. The lowest BCUT2D eigenvalue weighted by molar-refractivity contribution is -0.126. The topological polar surface area (TPSA) is 67.4 Å².